The van der Waals surface area contributed by atoms with Crippen LogP contribution >= 0.6 is 0 Å². The second kappa shape index (κ2) is 9.14. The molecule has 1 heterocycles. The molecule has 5 atom stereocenters. The summed E-state index contributed by atoms with van der Waals surface area (Å²) in [7, 11) is 0. The molecule has 4 rings (SSSR count). The first-order valence-electron chi connectivity index (χ1n) is 10.6. The summed E-state index contributed by atoms with van der Waals surface area (Å²) in [6.45, 7) is -0.305. The van der Waals surface area contributed by atoms with E-state index in [4.69, 9.17) is 9.84 Å². The normalized spacial score (nSPS) is 29.2. The summed E-state index contributed by atoms with van der Waals surface area (Å²) in [5, 5.41) is 49.3. The molecule has 0 bridgehead atoms. The van der Waals surface area contributed by atoms with Crippen LogP contribution in [0.15, 0.2) is 42.5 Å². The molecule has 30 heavy (non-hydrogen) atoms. The number of rotatable bonds is 7. The third-order valence-corrected chi connectivity index (χ3v) is 6.22. The maximum Gasteiger partial charge on any atom is 0.113 e. The van der Waals surface area contributed by atoms with Crippen molar-refractivity contribution >= 4 is 0 Å². The van der Waals surface area contributed by atoms with Crippen molar-refractivity contribution in [1.29, 1.82) is 0 Å². The van der Waals surface area contributed by atoms with Crippen LogP contribution in [0.5, 0.6) is 0 Å². The molecular weight excluding hydrogens is 384 g/mol. The highest BCUT2D eigenvalue weighted by Crippen LogP contribution is 2.43. The molecule has 1 aliphatic heterocycles. The highest BCUT2D eigenvalue weighted by atomic mass is 16.5. The van der Waals surface area contributed by atoms with Gasteiger partial charge in [-0.3, -0.25) is 0 Å². The summed E-state index contributed by atoms with van der Waals surface area (Å²) in [6, 6.07) is 14.2. The molecule has 6 nitrogen and oxygen atoms in total. The van der Waals surface area contributed by atoms with E-state index >= 15 is 0 Å². The van der Waals surface area contributed by atoms with Crippen LogP contribution < -0.4 is 0 Å². The van der Waals surface area contributed by atoms with Crippen molar-refractivity contribution in [3.05, 3.63) is 70.3 Å². The van der Waals surface area contributed by atoms with Crippen molar-refractivity contribution in [3.63, 3.8) is 0 Å². The van der Waals surface area contributed by atoms with E-state index in [-0.39, 0.29) is 6.61 Å². The van der Waals surface area contributed by atoms with Crippen LogP contribution in [0.1, 0.15) is 52.7 Å². The zero-order chi connectivity index (χ0) is 21.3. The van der Waals surface area contributed by atoms with Gasteiger partial charge in [0, 0.05) is 6.61 Å². The Kier molecular flexibility index (Phi) is 6.53. The van der Waals surface area contributed by atoms with E-state index in [2.05, 4.69) is 18.2 Å². The Bertz CT molecular complexity index is 845. The highest BCUT2D eigenvalue weighted by molar-refractivity contribution is 5.41. The molecule has 162 valence electrons. The van der Waals surface area contributed by atoms with Gasteiger partial charge in [0.15, 0.2) is 0 Å². The van der Waals surface area contributed by atoms with E-state index in [1.807, 2.05) is 24.3 Å². The minimum Gasteiger partial charge on any atom is -0.396 e. The first-order chi connectivity index (χ1) is 14.5. The van der Waals surface area contributed by atoms with Crippen LogP contribution in [0, 0.1) is 0 Å². The van der Waals surface area contributed by atoms with Crippen LogP contribution in [0.3, 0.4) is 0 Å². The highest BCUT2D eigenvalue weighted by Gasteiger charge is 2.44. The van der Waals surface area contributed by atoms with Gasteiger partial charge in [-0.15, -0.1) is 0 Å². The summed E-state index contributed by atoms with van der Waals surface area (Å²) in [5.74, 6) is 0.553. The van der Waals surface area contributed by atoms with Gasteiger partial charge in [0.1, 0.15) is 30.5 Å². The third-order valence-electron chi connectivity index (χ3n) is 6.22. The van der Waals surface area contributed by atoms with Gasteiger partial charge in [-0.2, -0.15) is 0 Å². The predicted molar refractivity (Wildman–Crippen MR) is 111 cm³/mol. The van der Waals surface area contributed by atoms with Gasteiger partial charge in [0.25, 0.3) is 0 Å². The Hall–Kier alpha value is -1.80. The van der Waals surface area contributed by atoms with E-state index in [9.17, 15) is 20.4 Å². The molecule has 1 saturated heterocycles. The van der Waals surface area contributed by atoms with Crippen molar-refractivity contribution in [1.82, 2.24) is 0 Å². The molecule has 6 heteroatoms. The molecule has 1 saturated carbocycles. The predicted octanol–water partition coefficient (Wildman–Crippen LogP) is 1.20. The Morgan fingerprint density at radius 2 is 1.53 bits per heavy atom. The van der Waals surface area contributed by atoms with Crippen LogP contribution in [-0.4, -0.2) is 63.2 Å². The average molecular weight is 414 g/mol. The number of benzene rings is 2. The van der Waals surface area contributed by atoms with Crippen molar-refractivity contribution in [2.24, 2.45) is 0 Å². The van der Waals surface area contributed by atoms with E-state index < -0.39 is 37.1 Å². The minimum absolute atomic E-state index is 0.131. The van der Waals surface area contributed by atoms with Crippen LogP contribution in [0.2, 0.25) is 0 Å². The zero-order valence-corrected chi connectivity index (χ0v) is 16.9. The monoisotopic (exact) mass is 414 g/mol. The molecule has 0 radical (unpaired) electrons. The van der Waals surface area contributed by atoms with E-state index in [1.165, 1.54) is 18.4 Å². The summed E-state index contributed by atoms with van der Waals surface area (Å²) in [6.07, 6.45) is -2.05. The van der Waals surface area contributed by atoms with Crippen molar-refractivity contribution < 1.29 is 30.3 Å². The zero-order valence-electron chi connectivity index (χ0n) is 16.9. The second-order valence-electron chi connectivity index (χ2n) is 8.45. The standard InChI is InChI=1S/C24H30O6/c25-10-9-14-1-3-15(4-2-14)11-18-12-17(7-8-19(18)16-5-6-16)24-23(29)22(28)21(27)20(13-26)30-24/h1-4,7-8,12,16,20-29H,5-6,9-11,13H2/t20-,21-,22+,23-,24+/m1/s1. The van der Waals surface area contributed by atoms with Gasteiger partial charge in [-0.25, -0.2) is 0 Å². The van der Waals surface area contributed by atoms with E-state index in [1.54, 1.807) is 0 Å². The van der Waals surface area contributed by atoms with E-state index in [0.29, 0.717) is 12.3 Å². The molecule has 0 unspecified atom stereocenters. The van der Waals surface area contributed by atoms with Crippen LogP contribution in [0.4, 0.5) is 0 Å². The maximum absolute atomic E-state index is 10.5. The fourth-order valence-electron chi connectivity index (χ4n) is 4.30. The molecule has 5 N–H and O–H groups in total. The fraction of sp³-hybridized carbons (Fsp3) is 0.500. The van der Waals surface area contributed by atoms with Gasteiger partial charge in [-0.1, -0.05) is 42.5 Å². The summed E-state index contributed by atoms with van der Waals surface area (Å²) in [5.41, 5.74) is 5.43. The SMILES string of the molecule is OCCc1ccc(Cc2cc([C@@H]3O[C@H](CO)[C@@H](O)[C@H](O)[C@H]3O)ccc2C2CC2)cc1. The molecular formula is C24H30O6. The number of aliphatic hydroxyl groups excluding tert-OH is 5. The molecule has 2 aromatic carbocycles. The van der Waals surface area contributed by atoms with Crippen LogP contribution in [0.25, 0.3) is 0 Å². The van der Waals surface area contributed by atoms with Crippen LogP contribution in [-0.2, 0) is 17.6 Å². The number of hydrogen-bond donors (Lipinski definition) is 5. The first-order valence-corrected chi connectivity index (χ1v) is 10.6. The van der Waals surface area contributed by atoms with Gasteiger partial charge < -0.3 is 30.3 Å². The number of ether oxygens (including phenoxy) is 1. The van der Waals surface area contributed by atoms with Crippen molar-refractivity contribution in [3.8, 4) is 0 Å². The van der Waals surface area contributed by atoms with Crippen molar-refractivity contribution in [2.75, 3.05) is 13.2 Å². The largest absolute Gasteiger partial charge is 0.396 e. The van der Waals surface area contributed by atoms with Gasteiger partial charge in [0.2, 0.25) is 0 Å². The Morgan fingerprint density at radius 1 is 0.833 bits per heavy atom. The fourth-order valence-corrected chi connectivity index (χ4v) is 4.30. The Balaban J connectivity index is 1.61. The van der Waals surface area contributed by atoms with Gasteiger partial charge in [-0.05, 0) is 59.4 Å². The maximum atomic E-state index is 10.5. The summed E-state index contributed by atoms with van der Waals surface area (Å²) in [4.78, 5) is 0. The van der Waals surface area contributed by atoms with Gasteiger partial charge in [0.05, 0.1) is 6.61 Å². The molecule has 2 aromatic rings. The second-order valence-corrected chi connectivity index (χ2v) is 8.45. The number of hydrogen-bond acceptors (Lipinski definition) is 6. The molecule has 2 aliphatic rings. The Morgan fingerprint density at radius 3 is 2.17 bits per heavy atom. The smallest absolute Gasteiger partial charge is 0.113 e. The summed E-state index contributed by atoms with van der Waals surface area (Å²) < 4.78 is 5.75. The quantitative estimate of drug-likeness (QED) is 0.466. The molecule has 0 spiro atoms. The first kappa shape index (κ1) is 21.4. The molecule has 0 aromatic heterocycles. The van der Waals surface area contributed by atoms with E-state index in [0.717, 1.165) is 28.7 Å². The van der Waals surface area contributed by atoms with Gasteiger partial charge >= 0.3 is 0 Å². The molecule has 2 fully saturated rings. The number of aliphatic hydroxyl groups is 5. The lowest BCUT2D eigenvalue weighted by Crippen LogP contribution is -2.55. The molecule has 1 aliphatic carbocycles. The minimum atomic E-state index is -1.38. The Labute approximate surface area is 176 Å². The molecule has 0 amide bonds. The third kappa shape index (κ3) is 4.44. The summed E-state index contributed by atoms with van der Waals surface area (Å²) >= 11 is 0. The average Bonchev–Trinajstić information content (AvgIpc) is 3.59. The lowest BCUT2D eigenvalue weighted by molar-refractivity contribution is -0.231. The topological polar surface area (TPSA) is 110 Å². The lowest BCUT2D eigenvalue weighted by atomic mass is 9.88. The lowest BCUT2D eigenvalue weighted by Gasteiger charge is -2.40. The van der Waals surface area contributed by atoms with Crippen molar-refractivity contribution in [2.45, 2.75) is 62.1 Å².